The molecule has 0 radical (unpaired) electrons. The van der Waals surface area contributed by atoms with Gasteiger partial charge in [-0.15, -0.1) is 0 Å². The summed E-state index contributed by atoms with van der Waals surface area (Å²) in [7, 11) is 0. The Morgan fingerprint density at radius 1 is 0.755 bits per heavy atom. The predicted molar refractivity (Wildman–Crippen MR) is 196 cm³/mol. The lowest BCUT2D eigenvalue weighted by Gasteiger charge is -2.26. The van der Waals surface area contributed by atoms with Gasteiger partial charge in [-0.05, 0) is 103 Å². The standard InChI is InChI=1S/C41H60N2O10/c1-26-29-18-16-27(14-12-20-40(4)33(52-40)31(29)50-35(26)44)24-48-37(46)42-22-10-8-6-7-9-11-23-43-38(47)49-25-28-15-13-21-41(5)34(53-41)32-30(19-17-28)39(2,3)36(45)51-32/h14-15,29-34H,1,6-13,16-25H2,2-5H3,(H,42,46)(H,43,47)/b27-14+,28-15+/t29-,30+,31-,32-,33-,34-,40+,41+/m0/s1. The van der Waals surface area contributed by atoms with Crippen LogP contribution >= 0.6 is 0 Å². The van der Waals surface area contributed by atoms with Crippen molar-refractivity contribution in [1.29, 1.82) is 0 Å². The van der Waals surface area contributed by atoms with Gasteiger partial charge in [0.2, 0.25) is 0 Å². The number of rotatable bonds is 13. The Kier molecular flexibility index (Phi) is 12.3. The first-order valence-electron chi connectivity index (χ1n) is 19.9. The number of esters is 2. The third kappa shape index (κ3) is 9.47. The highest BCUT2D eigenvalue weighted by Crippen LogP contribution is 2.53. The quantitative estimate of drug-likeness (QED) is 0.0517. The Morgan fingerprint density at radius 3 is 1.83 bits per heavy atom. The number of hydrogen-bond donors (Lipinski definition) is 2. The summed E-state index contributed by atoms with van der Waals surface area (Å²) in [6.07, 6.45) is 15.0. The Balaban J connectivity index is 0.785. The number of amides is 2. The van der Waals surface area contributed by atoms with Gasteiger partial charge in [0.1, 0.15) is 37.6 Å². The highest BCUT2D eigenvalue weighted by molar-refractivity contribution is 5.91. The maximum Gasteiger partial charge on any atom is 0.407 e. The van der Waals surface area contributed by atoms with E-state index in [1.165, 1.54) is 0 Å². The minimum atomic E-state index is -0.563. The maximum atomic E-state index is 12.6. The predicted octanol–water partition coefficient (Wildman–Crippen LogP) is 6.76. The summed E-state index contributed by atoms with van der Waals surface area (Å²) in [4.78, 5) is 49.6. The maximum absolute atomic E-state index is 12.6. The van der Waals surface area contributed by atoms with Crippen LogP contribution in [-0.4, -0.2) is 86.0 Å². The minimum Gasteiger partial charge on any atom is -0.459 e. The van der Waals surface area contributed by atoms with Crippen molar-refractivity contribution in [2.75, 3.05) is 26.3 Å². The third-order valence-electron chi connectivity index (χ3n) is 12.5. The molecule has 0 saturated carbocycles. The number of hydrogen-bond acceptors (Lipinski definition) is 10. The number of carbonyl (C=O) groups is 4. The van der Waals surface area contributed by atoms with Crippen LogP contribution in [0.25, 0.3) is 0 Å². The second-order valence-electron chi connectivity index (χ2n) is 16.9. The Morgan fingerprint density at radius 2 is 1.26 bits per heavy atom. The first-order chi connectivity index (χ1) is 25.3. The summed E-state index contributed by atoms with van der Waals surface area (Å²) < 4.78 is 34.5. The van der Waals surface area contributed by atoms with E-state index in [4.69, 9.17) is 28.4 Å². The molecule has 8 atom stereocenters. The van der Waals surface area contributed by atoms with Crippen molar-refractivity contribution >= 4 is 24.1 Å². The number of allylic oxidation sites excluding steroid dienone is 2. The molecule has 0 aromatic heterocycles. The molecule has 4 saturated heterocycles. The summed E-state index contributed by atoms with van der Waals surface area (Å²) in [5.74, 6) is -0.512. The van der Waals surface area contributed by atoms with Crippen LogP contribution in [0.5, 0.6) is 0 Å². The molecule has 0 aromatic carbocycles. The molecule has 12 nitrogen and oxygen atoms in total. The van der Waals surface area contributed by atoms with E-state index >= 15 is 0 Å². The molecule has 4 aliphatic heterocycles. The van der Waals surface area contributed by atoms with Crippen molar-refractivity contribution in [1.82, 2.24) is 10.6 Å². The van der Waals surface area contributed by atoms with Crippen LogP contribution in [0.1, 0.15) is 118 Å². The van der Waals surface area contributed by atoms with E-state index < -0.39 is 17.6 Å². The molecule has 6 rings (SSSR count). The van der Waals surface area contributed by atoms with Gasteiger partial charge in [-0.3, -0.25) is 4.79 Å². The topological polar surface area (TPSA) is 154 Å². The molecular formula is C41H60N2O10. The minimum absolute atomic E-state index is 0.0375. The van der Waals surface area contributed by atoms with Gasteiger partial charge in [0.15, 0.2) is 0 Å². The van der Waals surface area contributed by atoms with Crippen molar-refractivity contribution in [3.63, 3.8) is 0 Å². The largest absolute Gasteiger partial charge is 0.459 e. The molecule has 0 spiro atoms. The van der Waals surface area contributed by atoms with E-state index in [1.807, 2.05) is 13.8 Å². The van der Waals surface area contributed by atoms with E-state index in [9.17, 15) is 19.2 Å². The highest BCUT2D eigenvalue weighted by atomic mass is 16.7. The smallest absolute Gasteiger partial charge is 0.407 e. The average molecular weight is 741 g/mol. The molecule has 53 heavy (non-hydrogen) atoms. The van der Waals surface area contributed by atoms with E-state index in [0.29, 0.717) is 31.5 Å². The van der Waals surface area contributed by atoms with Gasteiger partial charge in [-0.2, -0.15) is 0 Å². The van der Waals surface area contributed by atoms with Crippen molar-refractivity contribution < 1.29 is 47.6 Å². The normalized spacial score (nSPS) is 36.3. The van der Waals surface area contributed by atoms with Gasteiger partial charge >= 0.3 is 24.1 Å². The first-order valence-corrected chi connectivity index (χ1v) is 19.9. The number of unbranched alkanes of at least 4 members (excludes halogenated alkanes) is 5. The van der Waals surface area contributed by atoms with Crippen LogP contribution in [0.4, 0.5) is 9.59 Å². The molecule has 2 N–H and O–H groups in total. The van der Waals surface area contributed by atoms with Crippen LogP contribution in [-0.2, 0) is 38.0 Å². The number of carbonyl (C=O) groups excluding carboxylic acids is 4. The van der Waals surface area contributed by atoms with Gasteiger partial charge in [0.05, 0.1) is 16.6 Å². The molecule has 12 heteroatoms. The molecular weight excluding hydrogens is 680 g/mol. The number of alkyl carbamates (subject to hydrolysis) is 2. The Labute approximate surface area is 314 Å². The summed E-state index contributed by atoms with van der Waals surface area (Å²) in [5, 5.41) is 5.73. The van der Waals surface area contributed by atoms with Gasteiger partial charge in [0, 0.05) is 30.5 Å². The van der Waals surface area contributed by atoms with E-state index in [0.717, 1.165) is 88.2 Å². The lowest BCUT2D eigenvalue weighted by Crippen LogP contribution is -2.34. The van der Waals surface area contributed by atoms with Crippen LogP contribution < -0.4 is 10.6 Å². The van der Waals surface area contributed by atoms with Gasteiger partial charge in [-0.25, -0.2) is 14.4 Å². The van der Waals surface area contributed by atoms with Crippen molar-refractivity contribution in [3.8, 4) is 0 Å². The van der Waals surface area contributed by atoms with E-state index in [-0.39, 0.29) is 72.6 Å². The molecule has 4 fully saturated rings. The second-order valence-corrected chi connectivity index (χ2v) is 16.9. The summed E-state index contributed by atoms with van der Waals surface area (Å²) in [6.45, 7) is 13.6. The lowest BCUT2D eigenvalue weighted by molar-refractivity contribution is -0.148. The summed E-state index contributed by atoms with van der Waals surface area (Å²) in [5.41, 5.74) is 1.49. The Bertz CT molecular complexity index is 1470. The highest BCUT2D eigenvalue weighted by Gasteiger charge is 2.65. The van der Waals surface area contributed by atoms with Crippen molar-refractivity contribution in [3.05, 3.63) is 35.5 Å². The van der Waals surface area contributed by atoms with Crippen molar-refractivity contribution in [2.45, 2.75) is 153 Å². The zero-order valence-corrected chi connectivity index (χ0v) is 32.1. The second kappa shape index (κ2) is 16.6. The fourth-order valence-electron chi connectivity index (χ4n) is 8.73. The van der Waals surface area contributed by atoms with Gasteiger partial charge in [0.25, 0.3) is 0 Å². The SMILES string of the molecule is C=C1C(=O)O[C@H]2[C@H]1CC/C(COC(=O)NCCCCCCCCNC(=O)OC/C1=C/CC[C@@]3(C)O[C@H]3[C@H]3OC(=O)C(C)(C)[C@@H]3CC1)=C\CC[C@@]1(C)O[C@@H]21. The number of fused-ring (bicyclic) bond motifs is 6. The first kappa shape index (κ1) is 39.3. The number of epoxide rings is 2. The van der Waals surface area contributed by atoms with Crippen LogP contribution in [0.15, 0.2) is 35.5 Å². The number of nitrogens with one attached hydrogen (secondary N) is 2. The third-order valence-corrected chi connectivity index (χ3v) is 12.5. The average Bonchev–Trinajstić information content (AvgIpc) is 3.94. The van der Waals surface area contributed by atoms with E-state index in [2.05, 4.69) is 43.2 Å². The Hall–Kier alpha value is -3.38. The molecule has 0 bridgehead atoms. The monoisotopic (exact) mass is 740 g/mol. The summed E-state index contributed by atoms with van der Waals surface area (Å²) in [6, 6.07) is 0. The van der Waals surface area contributed by atoms with Crippen LogP contribution in [0, 0.1) is 17.3 Å². The molecule has 0 unspecified atom stereocenters. The molecule has 4 heterocycles. The van der Waals surface area contributed by atoms with Gasteiger partial charge < -0.3 is 39.1 Å². The summed E-state index contributed by atoms with van der Waals surface area (Å²) >= 11 is 0. The fourth-order valence-corrected chi connectivity index (χ4v) is 8.73. The van der Waals surface area contributed by atoms with Crippen LogP contribution in [0.2, 0.25) is 0 Å². The van der Waals surface area contributed by atoms with E-state index in [1.54, 1.807) is 0 Å². The van der Waals surface area contributed by atoms with Gasteiger partial charge in [-0.1, -0.05) is 44.4 Å². The number of ether oxygens (including phenoxy) is 6. The van der Waals surface area contributed by atoms with Crippen LogP contribution in [0.3, 0.4) is 0 Å². The molecule has 0 aromatic rings. The zero-order valence-electron chi connectivity index (χ0n) is 32.1. The molecule has 6 aliphatic rings. The van der Waals surface area contributed by atoms with Crippen molar-refractivity contribution in [2.24, 2.45) is 17.3 Å². The zero-order chi connectivity index (χ0) is 37.8. The fraction of sp³-hybridized carbons (Fsp3) is 0.756. The molecule has 2 amide bonds. The molecule has 2 aliphatic carbocycles. The molecule has 294 valence electrons. The lowest BCUT2D eigenvalue weighted by atomic mass is 9.73.